The van der Waals surface area contributed by atoms with Gasteiger partial charge in [-0.25, -0.2) is 0 Å². The highest BCUT2D eigenvalue weighted by molar-refractivity contribution is 4.94. The van der Waals surface area contributed by atoms with Crippen LogP contribution in [0.2, 0.25) is 0 Å². The minimum absolute atomic E-state index is 0.0577. The van der Waals surface area contributed by atoms with Crippen molar-refractivity contribution in [2.24, 2.45) is 11.7 Å². The zero-order valence-electron chi connectivity index (χ0n) is 11.8. The number of aryl methyl sites for hydroxylation is 1. The number of ether oxygens (including phenoxy) is 1. The number of nitrogens with zero attached hydrogens (tertiary/aromatic N) is 3. The van der Waals surface area contributed by atoms with Crippen molar-refractivity contribution < 1.29 is 9.26 Å². The molecule has 0 radical (unpaired) electrons. The van der Waals surface area contributed by atoms with Crippen molar-refractivity contribution in [1.29, 1.82) is 0 Å². The van der Waals surface area contributed by atoms with Gasteiger partial charge in [0, 0.05) is 19.5 Å². The molecule has 1 saturated heterocycles. The van der Waals surface area contributed by atoms with Crippen LogP contribution in [0.3, 0.4) is 0 Å². The molecule has 6 nitrogen and oxygen atoms in total. The van der Waals surface area contributed by atoms with Crippen LogP contribution in [0, 0.1) is 5.92 Å². The number of nitrogens with two attached hydrogens (primary N) is 1. The quantitative estimate of drug-likeness (QED) is 0.829. The van der Waals surface area contributed by atoms with Crippen LogP contribution in [-0.4, -0.2) is 48.3 Å². The second kappa shape index (κ2) is 6.98. The molecule has 0 aromatic carbocycles. The smallest absolute Gasteiger partial charge is 0.226 e. The summed E-state index contributed by atoms with van der Waals surface area (Å²) in [4.78, 5) is 6.66. The Bertz CT molecular complexity index is 382. The van der Waals surface area contributed by atoms with E-state index in [1.54, 1.807) is 0 Å². The minimum atomic E-state index is -0.0577. The van der Waals surface area contributed by atoms with Crippen LogP contribution in [0.1, 0.15) is 37.6 Å². The molecule has 0 amide bonds. The molecule has 0 spiro atoms. The van der Waals surface area contributed by atoms with Crippen molar-refractivity contribution in [2.45, 2.75) is 32.3 Å². The molecule has 1 aliphatic rings. The van der Waals surface area contributed by atoms with E-state index in [9.17, 15) is 0 Å². The summed E-state index contributed by atoms with van der Waals surface area (Å²) in [6.45, 7) is 5.43. The third-order valence-electron chi connectivity index (χ3n) is 3.55. The van der Waals surface area contributed by atoms with Gasteiger partial charge in [0.2, 0.25) is 11.7 Å². The molecule has 1 aromatic rings. The Kier molecular flexibility index (Phi) is 5.30. The maximum absolute atomic E-state index is 5.67. The molecule has 0 aliphatic carbocycles. The fraction of sp³-hybridized carbons (Fsp3) is 0.846. The molecule has 1 fully saturated rings. The van der Waals surface area contributed by atoms with Crippen molar-refractivity contribution in [3.63, 3.8) is 0 Å². The Balaban J connectivity index is 1.84. The van der Waals surface area contributed by atoms with E-state index >= 15 is 0 Å². The standard InChI is InChI=1S/C13H24N4O2/c1-10(5-6-14)3-4-12-15-13(16-19-12)11-9-17(2)7-8-18-11/h10-11H,3-9,14H2,1-2H3. The van der Waals surface area contributed by atoms with E-state index in [1.807, 2.05) is 0 Å². The number of hydrogen-bond acceptors (Lipinski definition) is 6. The van der Waals surface area contributed by atoms with Crippen molar-refractivity contribution >= 4 is 0 Å². The van der Waals surface area contributed by atoms with Gasteiger partial charge in [-0.3, -0.25) is 0 Å². The first kappa shape index (κ1) is 14.4. The van der Waals surface area contributed by atoms with E-state index in [1.165, 1.54) is 0 Å². The molecule has 2 atom stereocenters. The molecule has 2 heterocycles. The number of likely N-dealkylation sites (N-methyl/N-ethyl adjacent to an activating group) is 1. The van der Waals surface area contributed by atoms with Gasteiger partial charge in [0.05, 0.1) is 6.61 Å². The highest BCUT2D eigenvalue weighted by Crippen LogP contribution is 2.19. The first-order valence-electron chi connectivity index (χ1n) is 7.01. The summed E-state index contributed by atoms with van der Waals surface area (Å²) in [5.41, 5.74) is 5.54. The highest BCUT2D eigenvalue weighted by atomic mass is 16.5. The van der Waals surface area contributed by atoms with E-state index in [4.69, 9.17) is 15.0 Å². The molecule has 108 valence electrons. The van der Waals surface area contributed by atoms with Gasteiger partial charge in [0.1, 0.15) is 6.10 Å². The maximum atomic E-state index is 5.67. The fourth-order valence-electron chi connectivity index (χ4n) is 2.23. The highest BCUT2D eigenvalue weighted by Gasteiger charge is 2.24. The van der Waals surface area contributed by atoms with E-state index in [0.717, 1.165) is 45.5 Å². The Hall–Kier alpha value is -0.980. The van der Waals surface area contributed by atoms with Gasteiger partial charge in [0.15, 0.2) is 0 Å². The van der Waals surface area contributed by atoms with Gasteiger partial charge in [-0.15, -0.1) is 0 Å². The topological polar surface area (TPSA) is 77.4 Å². The summed E-state index contributed by atoms with van der Waals surface area (Å²) in [7, 11) is 2.07. The van der Waals surface area contributed by atoms with Crippen LogP contribution in [-0.2, 0) is 11.2 Å². The summed E-state index contributed by atoms with van der Waals surface area (Å²) in [5.74, 6) is 1.97. The summed E-state index contributed by atoms with van der Waals surface area (Å²) in [5, 5.41) is 4.04. The lowest BCUT2D eigenvalue weighted by atomic mass is 10.0. The number of morpholine rings is 1. The summed E-state index contributed by atoms with van der Waals surface area (Å²) < 4.78 is 11.0. The predicted octanol–water partition coefficient (Wildman–Crippen LogP) is 0.990. The maximum Gasteiger partial charge on any atom is 0.226 e. The van der Waals surface area contributed by atoms with E-state index in [-0.39, 0.29) is 6.10 Å². The zero-order chi connectivity index (χ0) is 13.7. The van der Waals surface area contributed by atoms with E-state index in [0.29, 0.717) is 17.6 Å². The molecule has 1 aliphatic heterocycles. The average molecular weight is 268 g/mol. The Labute approximate surface area is 114 Å². The lowest BCUT2D eigenvalue weighted by Crippen LogP contribution is -2.35. The van der Waals surface area contributed by atoms with Gasteiger partial charge in [0.25, 0.3) is 0 Å². The molecule has 1 aromatic heterocycles. The van der Waals surface area contributed by atoms with Gasteiger partial charge in [-0.05, 0) is 32.4 Å². The average Bonchev–Trinajstić information content (AvgIpc) is 2.85. The van der Waals surface area contributed by atoms with Gasteiger partial charge < -0.3 is 19.9 Å². The van der Waals surface area contributed by atoms with E-state index < -0.39 is 0 Å². The molecular formula is C13H24N4O2. The third-order valence-corrected chi connectivity index (χ3v) is 3.55. The lowest BCUT2D eigenvalue weighted by Gasteiger charge is -2.27. The molecule has 0 saturated carbocycles. The normalized spacial score (nSPS) is 22.6. The second-order valence-electron chi connectivity index (χ2n) is 5.39. The third kappa shape index (κ3) is 4.26. The second-order valence-corrected chi connectivity index (χ2v) is 5.39. The molecule has 19 heavy (non-hydrogen) atoms. The Morgan fingerprint density at radius 3 is 3.05 bits per heavy atom. The molecule has 2 rings (SSSR count). The number of hydrogen-bond donors (Lipinski definition) is 1. The monoisotopic (exact) mass is 268 g/mol. The fourth-order valence-corrected chi connectivity index (χ4v) is 2.23. The van der Waals surface area contributed by atoms with Crippen LogP contribution in [0.15, 0.2) is 4.52 Å². The molecule has 2 unspecified atom stereocenters. The van der Waals surface area contributed by atoms with Crippen molar-refractivity contribution in [1.82, 2.24) is 15.0 Å². The van der Waals surface area contributed by atoms with Gasteiger partial charge in [-0.2, -0.15) is 4.98 Å². The molecule has 0 bridgehead atoms. The number of rotatable bonds is 6. The van der Waals surface area contributed by atoms with Crippen LogP contribution >= 0.6 is 0 Å². The first-order chi connectivity index (χ1) is 9.19. The minimum Gasteiger partial charge on any atom is -0.367 e. The van der Waals surface area contributed by atoms with Crippen molar-refractivity contribution in [3.05, 3.63) is 11.7 Å². The first-order valence-corrected chi connectivity index (χ1v) is 7.01. The Morgan fingerprint density at radius 1 is 1.47 bits per heavy atom. The predicted molar refractivity (Wildman–Crippen MR) is 71.6 cm³/mol. The van der Waals surface area contributed by atoms with Gasteiger partial charge in [-0.1, -0.05) is 12.1 Å². The van der Waals surface area contributed by atoms with Crippen molar-refractivity contribution in [3.8, 4) is 0 Å². The molecule has 2 N–H and O–H groups in total. The zero-order valence-corrected chi connectivity index (χ0v) is 11.8. The van der Waals surface area contributed by atoms with Crippen molar-refractivity contribution in [2.75, 3.05) is 33.3 Å². The molecule has 6 heteroatoms. The summed E-state index contributed by atoms with van der Waals surface area (Å²) >= 11 is 0. The van der Waals surface area contributed by atoms with E-state index in [2.05, 4.69) is 29.0 Å². The lowest BCUT2D eigenvalue weighted by molar-refractivity contribution is -0.0264. The van der Waals surface area contributed by atoms with Crippen LogP contribution < -0.4 is 5.73 Å². The SMILES string of the molecule is CC(CCN)CCc1nc(C2CN(C)CCO2)no1. The van der Waals surface area contributed by atoms with Crippen LogP contribution in [0.25, 0.3) is 0 Å². The Morgan fingerprint density at radius 2 is 2.32 bits per heavy atom. The molecular weight excluding hydrogens is 244 g/mol. The van der Waals surface area contributed by atoms with Crippen LogP contribution in [0.4, 0.5) is 0 Å². The van der Waals surface area contributed by atoms with Crippen LogP contribution in [0.5, 0.6) is 0 Å². The largest absolute Gasteiger partial charge is 0.367 e. The summed E-state index contributed by atoms with van der Waals surface area (Å²) in [6, 6.07) is 0. The van der Waals surface area contributed by atoms with Gasteiger partial charge >= 0.3 is 0 Å². The number of aromatic nitrogens is 2. The summed E-state index contributed by atoms with van der Waals surface area (Å²) in [6.07, 6.45) is 2.83.